The second-order valence-corrected chi connectivity index (χ2v) is 5.39. The van der Waals surface area contributed by atoms with E-state index in [1.807, 2.05) is 39.0 Å². The van der Waals surface area contributed by atoms with Gasteiger partial charge in [-0.05, 0) is 35.2 Å². The highest BCUT2D eigenvalue weighted by atomic mass is 16.2. The lowest BCUT2D eigenvalue weighted by Crippen LogP contribution is -2.20. The molecule has 0 saturated carbocycles. The van der Waals surface area contributed by atoms with E-state index in [2.05, 4.69) is 34.8 Å². The minimum Gasteiger partial charge on any atom is -0.273 e. The first-order valence-electron chi connectivity index (χ1n) is 6.88. The lowest BCUT2D eigenvalue weighted by molar-refractivity contribution is -0.121. The van der Waals surface area contributed by atoms with E-state index < -0.39 is 0 Å². The summed E-state index contributed by atoms with van der Waals surface area (Å²) in [7, 11) is 0. The third-order valence-corrected chi connectivity index (χ3v) is 3.11. The monoisotopic (exact) mass is 268 g/mol. The highest BCUT2D eigenvalue weighted by Gasteiger charge is 2.04. The number of fused-ring (bicyclic) bond motifs is 1. The Balaban J connectivity index is 2.14. The van der Waals surface area contributed by atoms with Crippen molar-refractivity contribution in [2.24, 2.45) is 11.0 Å². The highest BCUT2D eigenvalue weighted by Crippen LogP contribution is 2.16. The molecule has 0 atom stereocenters. The van der Waals surface area contributed by atoms with Crippen LogP contribution in [0.25, 0.3) is 10.8 Å². The van der Waals surface area contributed by atoms with E-state index >= 15 is 0 Å². The summed E-state index contributed by atoms with van der Waals surface area (Å²) in [5.74, 6) is 0.298. The van der Waals surface area contributed by atoms with Crippen LogP contribution >= 0.6 is 0 Å². The Morgan fingerprint density at radius 1 is 1.15 bits per heavy atom. The number of nitrogens with zero attached hydrogens (tertiary/aromatic N) is 1. The van der Waals surface area contributed by atoms with Crippen LogP contribution in [0, 0.1) is 5.92 Å². The van der Waals surface area contributed by atoms with Crippen molar-refractivity contribution in [2.75, 3.05) is 0 Å². The number of carbonyl (C=O) groups excluding carboxylic acids is 1. The van der Waals surface area contributed by atoms with Crippen LogP contribution in [0.3, 0.4) is 0 Å². The van der Waals surface area contributed by atoms with Gasteiger partial charge >= 0.3 is 0 Å². The summed E-state index contributed by atoms with van der Waals surface area (Å²) in [5.41, 5.74) is 4.44. The van der Waals surface area contributed by atoms with Crippen molar-refractivity contribution in [3.63, 3.8) is 0 Å². The van der Waals surface area contributed by atoms with E-state index in [-0.39, 0.29) is 5.91 Å². The molecule has 1 amide bonds. The molecule has 0 unspecified atom stereocenters. The maximum atomic E-state index is 11.6. The summed E-state index contributed by atoms with van der Waals surface area (Å²) in [6, 6.07) is 14.4. The van der Waals surface area contributed by atoms with Crippen molar-refractivity contribution in [3.05, 3.63) is 48.0 Å². The molecule has 0 heterocycles. The third kappa shape index (κ3) is 3.67. The van der Waals surface area contributed by atoms with Crippen molar-refractivity contribution in [2.45, 2.75) is 27.2 Å². The van der Waals surface area contributed by atoms with Crippen LogP contribution in [0.1, 0.15) is 32.8 Å². The van der Waals surface area contributed by atoms with Gasteiger partial charge in [0.25, 0.3) is 0 Å². The molecule has 0 bridgehead atoms. The average molecular weight is 268 g/mol. The predicted octanol–water partition coefficient (Wildman–Crippen LogP) is 3.73. The molecule has 3 nitrogen and oxygen atoms in total. The van der Waals surface area contributed by atoms with Crippen molar-refractivity contribution in [1.29, 1.82) is 0 Å². The number of rotatable bonds is 4. The minimum absolute atomic E-state index is 0.0415. The molecule has 0 saturated heterocycles. The van der Waals surface area contributed by atoms with E-state index in [4.69, 9.17) is 0 Å². The SMILES string of the molecule is C/C(=N/NC(=O)CC(C)C)c1ccc2ccccc2c1. The molecule has 2 rings (SSSR count). The second kappa shape index (κ2) is 6.33. The summed E-state index contributed by atoms with van der Waals surface area (Å²) in [6.07, 6.45) is 0.495. The van der Waals surface area contributed by atoms with Gasteiger partial charge in [0, 0.05) is 6.42 Å². The lowest BCUT2D eigenvalue weighted by atomic mass is 10.0. The smallest absolute Gasteiger partial charge is 0.240 e. The summed E-state index contributed by atoms with van der Waals surface area (Å²) >= 11 is 0. The van der Waals surface area contributed by atoms with Gasteiger partial charge in [-0.2, -0.15) is 5.10 Å². The molecule has 0 aliphatic carbocycles. The van der Waals surface area contributed by atoms with Crippen molar-refractivity contribution < 1.29 is 4.79 Å². The van der Waals surface area contributed by atoms with Gasteiger partial charge in [-0.25, -0.2) is 5.43 Å². The maximum Gasteiger partial charge on any atom is 0.240 e. The first-order chi connectivity index (χ1) is 9.56. The van der Waals surface area contributed by atoms with E-state index in [1.165, 1.54) is 10.8 Å². The van der Waals surface area contributed by atoms with Crippen LogP contribution in [-0.4, -0.2) is 11.6 Å². The summed E-state index contributed by atoms with van der Waals surface area (Å²) < 4.78 is 0. The lowest BCUT2D eigenvalue weighted by Gasteiger charge is -2.06. The molecular weight excluding hydrogens is 248 g/mol. The molecule has 0 aliphatic heterocycles. The molecule has 2 aromatic carbocycles. The largest absolute Gasteiger partial charge is 0.273 e. The first kappa shape index (κ1) is 14.3. The molecule has 2 aromatic rings. The molecule has 1 N–H and O–H groups in total. The molecular formula is C17H20N2O. The van der Waals surface area contributed by atoms with Crippen molar-refractivity contribution in [1.82, 2.24) is 5.43 Å². The quantitative estimate of drug-likeness (QED) is 0.666. The fourth-order valence-corrected chi connectivity index (χ4v) is 2.04. The molecule has 0 aliphatic rings. The molecule has 0 fully saturated rings. The number of nitrogens with one attached hydrogen (secondary N) is 1. The Morgan fingerprint density at radius 3 is 2.55 bits per heavy atom. The molecule has 104 valence electrons. The van der Waals surface area contributed by atoms with Gasteiger partial charge in [-0.3, -0.25) is 4.79 Å². The number of benzene rings is 2. The topological polar surface area (TPSA) is 41.5 Å². The molecule has 0 spiro atoms. The highest BCUT2D eigenvalue weighted by molar-refractivity contribution is 6.02. The summed E-state index contributed by atoms with van der Waals surface area (Å²) in [4.78, 5) is 11.6. The molecule has 0 radical (unpaired) electrons. The van der Waals surface area contributed by atoms with Crippen LogP contribution in [0.15, 0.2) is 47.6 Å². The minimum atomic E-state index is -0.0415. The van der Waals surface area contributed by atoms with Crippen molar-refractivity contribution in [3.8, 4) is 0 Å². The fourth-order valence-electron chi connectivity index (χ4n) is 2.04. The number of amides is 1. The van der Waals surface area contributed by atoms with Crippen LogP contribution in [-0.2, 0) is 4.79 Å². The third-order valence-electron chi connectivity index (χ3n) is 3.11. The summed E-state index contributed by atoms with van der Waals surface area (Å²) in [5, 5.41) is 6.55. The summed E-state index contributed by atoms with van der Waals surface area (Å²) in [6.45, 7) is 5.93. The van der Waals surface area contributed by atoms with E-state index in [0.717, 1.165) is 11.3 Å². The normalized spacial score (nSPS) is 11.9. The van der Waals surface area contributed by atoms with Gasteiger partial charge in [0.05, 0.1) is 5.71 Å². The number of hydrogen-bond donors (Lipinski definition) is 1. The standard InChI is InChI=1S/C17H20N2O/c1-12(2)10-17(20)19-18-13(3)15-9-8-14-6-4-5-7-16(14)11-15/h4-9,11-12H,10H2,1-3H3,(H,19,20)/b18-13-. The van der Waals surface area contributed by atoms with Gasteiger partial charge in [0.15, 0.2) is 0 Å². The number of hydrazone groups is 1. The van der Waals surface area contributed by atoms with Gasteiger partial charge in [-0.1, -0.05) is 50.2 Å². The zero-order chi connectivity index (χ0) is 14.5. The number of carbonyl (C=O) groups is 1. The Labute approximate surface area is 119 Å². The van der Waals surface area contributed by atoms with Crippen LogP contribution in [0.5, 0.6) is 0 Å². The van der Waals surface area contributed by atoms with Crippen LogP contribution in [0.2, 0.25) is 0 Å². The Hall–Kier alpha value is -2.16. The van der Waals surface area contributed by atoms with E-state index in [9.17, 15) is 4.79 Å². The van der Waals surface area contributed by atoms with Gasteiger partial charge in [-0.15, -0.1) is 0 Å². The van der Waals surface area contributed by atoms with Gasteiger partial charge in [0.1, 0.15) is 0 Å². The number of hydrogen-bond acceptors (Lipinski definition) is 2. The van der Waals surface area contributed by atoms with E-state index in [1.54, 1.807) is 0 Å². The zero-order valence-corrected chi connectivity index (χ0v) is 12.2. The van der Waals surface area contributed by atoms with Gasteiger partial charge < -0.3 is 0 Å². The second-order valence-electron chi connectivity index (χ2n) is 5.39. The van der Waals surface area contributed by atoms with Crippen LogP contribution in [0.4, 0.5) is 0 Å². The maximum absolute atomic E-state index is 11.6. The predicted molar refractivity (Wildman–Crippen MR) is 83.8 cm³/mol. The Kier molecular flexibility index (Phi) is 4.51. The van der Waals surface area contributed by atoms with Crippen molar-refractivity contribution >= 4 is 22.4 Å². The Morgan fingerprint density at radius 2 is 1.85 bits per heavy atom. The molecule has 20 heavy (non-hydrogen) atoms. The van der Waals surface area contributed by atoms with Crippen LogP contribution < -0.4 is 5.43 Å². The van der Waals surface area contributed by atoms with Gasteiger partial charge in [0.2, 0.25) is 5.91 Å². The molecule has 0 aromatic heterocycles. The van der Waals surface area contributed by atoms with E-state index in [0.29, 0.717) is 12.3 Å². The average Bonchev–Trinajstić information content (AvgIpc) is 2.43. The zero-order valence-electron chi connectivity index (χ0n) is 12.2. The first-order valence-corrected chi connectivity index (χ1v) is 6.88. The Bertz CT molecular complexity index is 644. The molecule has 3 heteroatoms. The fraction of sp³-hybridized carbons (Fsp3) is 0.294.